The summed E-state index contributed by atoms with van der Waals surface area (Å²) in [5, 5.41) is 10.6. The number of hydrogen-bond donors (Lipinski definition) is 2. The number of ether oxygens (including phenoxy) is 1. The van der Waals surface area contributed by atoms with Crippen molar-refractivity contribution in [3.8, 4) is 0 Å². The number of carboxylic acids is 1. The molecule has 0 saturated heterocycles. The second kappa shape index (κ2) is 5.76. The molecule has 0 unspecified atom stereocenters. The summed E-state index contributed by atoms with van der Waals surface area (Å²) in [5.74, 6) is -4.31. The zero-order valence-corrected chi connectivity index (χ0v) is 9.07. The standard InChI is InChI=1S/C11H9F2NO4/c1-2-3-18-11(17)14-6-4-7(12)9(10(15)16)8(13)5-6/h2,4-5H,1,3H2,(H,14,17)(H,15,16). The number of halogens is 2. The van der Waals surface area contributed by atoms with Crippen LogP contribution in [0.5, 0.6) is 0 Å². The van der Waals surface area contributed by atoms with E-state index in [9.17, 15) is 18.4 Å². The van der Waals surface area contributed by atoms with Gasteiger partial charge in [0.05, 0.1) is 0 Å². The molecule has 0 atom stereocenters. The summed E-state index contributed by atoms with van der Waals surface area (Å²) in [6.45, 7) is 3.24. The predicted octanol–water partition coefficient (Wildman–Crippen LogP) is 2.40. The first-order valence-electron chi connectivity index (χ1n) is 4.72. The Kier molecular flexibility index (Phi) is 4.36. The molecule has 1 aromatic carbocycles. The lowest BCUT2D eigenvalue weighted by atomic mass is 10.2. The lowest BCUT2D eigenvalue weighted by Crippen LogP contribution is -2.15. The summed E-state index contributed by atoms with van der Waals surface area (Å²) in [5.41, 5.74) is -1.33. The number of carboxylic acid groups (broad SMARTS) is 1. The maximum Gasteiger partial charge on any atom is 0.411 e. The highest BCUT2D eigenvalue weighted by atomic mass is 19.1. The molecule has 0 aliphatic heterocycles. The van der Waals surface area contributed by atoms with Crippen molar-refractivity contribution >= 4 is 17.7 Å². The number of amides is 1. The van der Waals surface area contributed by atoms with Gasteiger partial charge >= 0.3 is 12.1 Å². The van der Waals surface area contributed by atoms with Crippen LogP contribution in [0, 0.1) is 11.6 Å². The largest absolute Gasteiger partial charge is 0.477 e. The van der Waals surface area contributed by atoms with Crippen LogP contribution in [-0.4, -0.2) is 23.8 Å². The Hall–Kier alpha value is -2.44. The van der Waals surface area contributed by atoms with Crippen LogP contribution in [0.2, 0.25) is 0 Å². The van der Waals surface area contributed by atoms with Crippen LogP contribution < -0.4 is 5.32 Å². The molecule has 1 aromatic rings. The van der Waals surface area contributed by atoms with E-state index in [0.29, 0.717) is 12.1 Å². The number of carbonyl (C=O) groups excluding carboxylic acids is 1. The van der Waals surface area contributed by atoms with Gasteiger partial charge in [-0.3, -0.25) is 5.32 Å². The highest BCUT2D eigenvalue weighted by Crippen LogP contribution is 2.19. The van der Waals surface area contributed by atoms with Gasteiger partial charge in [0.15, 0.2) is 0 Å². The third-order valence-corrected chi connectivity index (χ3v) is 1.83. The van der Waals surface area contributed by atoms with E-state index in [2.05, 4.69) is 11.3 Å². The minimum Gasteiger partial charge on any atom is -0.477 e. The van der Waals surface area contributed by atoms with Gasteiger partial charge in [-0.1, -0.05) is 12.7 Å². The molecule has 0 aromatic heterocycles. The van der Waals surface area contributed by atoms with Gasteiger partial charge in [-0.05, 0) is 12.1 Å². The average molecular weight is 257 g/mol. The van der Waals surface area contributed by atoms with E-state index >= 15 is 0 Å². The molecular weight excluding hydrogens is 248 g/mol. The molecule has 7 heteroatoms. The molecule has 0 aliphatic rings. The number of rotatable bonds is 4. The van der Waals surface area contributed by atoms with Crippen LogP contribution in [0.3, 0.4) is 0 Å². The monoisotopic (exact) mass is 257 g/mol. The molecule has 0 aliphatic carbocycles. The topological polar surface area (TPSA) is 75.6 Å². The van der Waals surface area contributed by atoms with Crippen LogP contribution in [0.4, 0.5) is 19.3 Å². The van der Waals surface area contributed by atoms with Gasteiger partial charge in [-0.25, -0.2) is 18.4 Å². The number of aromatic carboxylic acids is 1. The Balaban J connectivity index is 2.90. The number of hydrogen-bond acceptors (Lipinski definition) is 3. The quantitative estimate of drug-likeness (QED) is 0.812. The third-order valence-electron chi connectivity index (χ3n) is 1.83. The van der Waals surface area contributed by atoms with Crippen LogP contribution in [0.25, 0.3) is 0 Å². The normalized spacial score (nSPS) is 9.67. The molecule has 0 radical (unpaired) electrons. The van der Waals surface area contributed by atoms with Gasteiger partial charge in [0.1, 0.15) is 23.8 Å². The molecule has 0 saturated carbocycles. The highest BCUT2D eigenvalue weighted by molar-refractivity contribution is 5.90. The van der Waals surface area contributed by atoms with Gasteiger partial charge in [0.2, 0.25) is 0 Å². The van der Waals surface area contributed by atoms with E-state index in [4.69, 9.17) is 5.11 Å². The van der Waals surface area contributed by atoms with Gasteiger partial charge < -0.3 is 9.84 Å². The van der Waals surface area contributed by atoms with Crippen molar-refractivity contribution in [2.45, 2.75) is 0 Å². The van der Waals surface area contributed by atoms with Crippen LogP contribution in [-0.2, 0) is 4.74 Å². The first-order valence-corrected chi connectivity index (χ1v) is 4.72. The summed E-state index contributed by atoms with van der Waals surface area (Å²) >= 11 is 0. The van der Waals surface area contributed by atoms with Crippen molar-refractivity contribution in [2.24, 2.45) is 0 Å². The molecule has 0 heterocycles. The van der Waals surface area contributed by atoms with E-state index in [1.807, 2.05) is 5.32 Å². The average Bonchev–Trinajstić information content (AvgIpc) is 2.24. The van der Waals surface area contributed by atoms with Crippen LogP contribution >= 0.6 is 0 Å². The van der Waals surface area contributed by atoms with Gasteiger partial charge in [0, 0.05) is 5.69 Å². The summed E-state index contributed by atoms with van der Waals surface area (Å²) in [7, 11) is 0. The fourth-order valence-electron chi connectivity index (χ4n) is 1.14. The Labute approximate surface area is 101 Å². The Morgan fingerprint density at radius 3 is 2.39 bits per heavy atom. The Bertz CT molecular complexity index is 479. The van der Waals surface area contributed by atoms with Crippen molar-refractivity contribution in [2.75, 3.05) is 11.9 Å². The van der Waals surface area contributed by atoms with Crippen LogP contribution in [0.1, 0.15) is 10.4 Å². The maximum atomic E-state index is 13.2. The molecule has 5 nitrogen and oxygen atoms in total. The summed E-state index contributed by atoms with van der Waals surface area (Å²) < 4.78 is 31.0. The summed E-state index contributed by atoms with van der Waals surface area (Å²) in [6, 6.07) is 1.36. The number of anilines is 1. The zero-order valence-electron chi connectivity index (χ0n) is 9.07. The minimum atomic E-state index is -1.73. The second-order valence-corrected chi connectivity index (χ2v) is 3.13. The van der Waals surface area contributed by atoms with Crippen molar-refractivity contribution in [1.29, 1.82) is 0 Å². The molecule has 1 rings (SSSR count). The van der Waals surface area contributed by atoms with Gasteiger partial charge in [-0.2, -0.15) is 0 Å². The molecule has 0 fully saturated rings. The molecule has 0 spiro atoms. The van der Waals surface area contributed by atoms with Gasteiger partial charge in [0.25, 0.3) is 0 Å². The second-order valence-electron chi connectivity index (χ2n) is 3.13. The molecule has 2 N–H and O–H groups in total. The number of nitrogens with one attached hydrogen (secondary N) is 1. The van der Waals surface area contributed by atoms with Crippen molar-refractivity contribution in [1.82, 2.24) is 0 Å². The lowest BCUT2D eigenvalue weighted by Gasteiger charge is -2.07. The number of benzene rings is 1. The molecule has 0 bridgehead atoms. The molecule has 96 valence electrons. The maximum absolute atomic E-state index is 13.2. The van der Waals surface area contributed by atoms with Gasteiger partial charge in [-0.15, -0.1) is 0 Å². The summed E-state index contributed by atoms with van der Waals surface area (Å²) in [6.07, 6.45) is 0.380. The smallest absolute Gasteiger partial charge is 0.411 e. The molecule has 1 amide bonds. The van der Waals surface area contributed by atoms with Crippen molar-refractivity contribution in [3.63, 3.8) is 0 Å². The highest BCUT2D eigenvalue weighted by Gasteiger charge is 2.18. The van der Waals surface area contributed by atoms with E-state index in [-0.39, 0.29) is 12.3 Å². The van der Waals surface area contributed by atoms with Crippen molar-refractivity contribution in [3.05, 3.63) is 42.0 Å². The SMILES string of the molecule is C=CCOC(=O)Nc1cc(F)c(C(=O)O)c(F)c1. The molecular formula is C11H9F2NO4. The zero-order chi connectivity index (χ0) is 13.7. The first kappa shape index (κ1) is 13.6. The third kappa shape index (κ3) is 3.27. The lowest BCUT2D eigenvalue weighted by molar-refractivity contribution is 0.0686. The van der Waals surface area contributed by atoms with E-state index in [0.717, 1.165) is 0 Å². The Morgan fingerprint density at radius 1 is 1.39 bits per heavy atom. The fourth-order valence-corrected chi connectivity index (χ4v) is 1.14. The van der Waals surface area contributed by atoms with E-state index < -0.39 is 29.3 Å². The van der Waals surface area contributed by atoms with E-state index in [1.165, 1.54) is 6.08 Å². The Morgan fingerprint density at radius 2 is 1.94 bits per heavy atom. The van der Waals surface area contributed by atoms with Crippen molar-refractivity contribution < 1.29 is 28.2 Å². The fraction of sp³-hybridized carbons (Fsp3) is 0.0909. The van der Waals surface area contributed by atoms with Crippen LogP contribution in [0.15, 0.2) is 24.8 Å². The first-order chi connectivity index (χ1) is 8.45. The van der Waals surface area contributed by atoms with E-state index in [1.54, 1.807) is 0 Å². The summed E-state index contributed by atoms with van der Waals surface area (Å²) in [4.78, 5) is 21.6. The number of carbonyl (C=O) groups is 2. The minimum absolute atomic E-state index is 0.0655. The predicted molar refractivity (Wildman–Crippen MR) is 58.5 cm³/mol. The molecule has 18 heavy (non-hydrogen) atoms.